The molecule has 2 heterocycles. The molecule has 2 N–H and O–H groups in total. The normalized spacial score (nSPS) is 18.8. The topological polar surface area (TPSA) is 62.7 Å². The number of hydrogen-bond acceptors (Lipinski definition) is 4. The molecule has 106 valence electrons. The van der Waals surface area contributed by atoms with E-state index in [9.17, 15) is 4.79 Å². The van der Waals surface area contributed by atoms with Crippen LogP contribution in [0.15, 0.2) is 22.8 Å². The van der Waals surface area contributed by atoms with Crippen molar-refractivity contribution in [2.75, 3.05) is 26.7 Å². The third kappa shape index (κ3) is 3.36. The molecule has 1 aliphatic heterocycles. The largest absolute Gasteiger partial charge is 0.468 e. The molecule has 0 spiro atoms. The fourth-order valence-electron chi connectivity index (χ4n) is 2.72. The molecular formula is C14H23N3O2. The standard InChI is InChI=1S/C14H23N3O2/c1-11(15)14(12-6-5-9-19-12)16(2)10-13(18)17-7-3-4-8-17/h5-6,9,11,14H,3-4,7-8,10,15H2,1-2H3. The van der Waals surface area contributed by atoms with Crippen LogP contribution < -0.4 is 5.73 Å². The summed E-state index contributed by atoms with van der Waals surface area (Å²) in [5.74, 6) is 0.990. The molecule has 2 rings (SSSR count). The van der Waals surface area contributed by atoms with Crippen LogP contribution in [0, 0.1) is 0 Å². The van der Waals surface area contributed by atoms with Crippen molar-refractivity contribution in [2.24, 2.45) is 5.73 Å². The van der Waals surface area contributed by atoms with E-state index in [0.717, 1.165) is 31.7 Å². The Morgan fingerprint density at radius 1 is 1.53 bits per heavy atom. The molecule has 0 aliphatic carbocycles. The van der Waals surface area contributed by atoms with E-state index in [-0.39, 0.29) is 18.0 Å². The summed E-state index contributed by atoms with van der Waals surface area (Å²) in [4.78, 5) is 16.1. The van der Waals surface area contributed by atoms with Gasteiger partial charge in [0.15, 0.2) is 0 Å². The van der Waals surface area contributed by atoms with Gasteiger partial charge in [-0.1, -0.05) is 0 Å². The van der Waals surface area contributed by atoms with Gasteiger partial charge in [0.25, 0.3) is 0 Å². The Balaban J connectivity index is 1.99. The highest BCUT2D eigenvalue weighted by Crippen LogP contribution is 2.22. The van der Waals surface area contributed by atoms with Gasteiger partial charge in [0, 0.05) is 19.1 Å². The van der Waals surface area contributed by atoms with E-state index in [0.29, 0.717) is 6.54 Å². The van der Waals surface area contributed by atoms with Crippen molar-refractivity contribution >= 4 is 5.91 Å². The van der Waals surface area contributed by atoms with Gasteiger partial charge >= 0.3 is 0 Å². The van der Waals surface area contributed by atoms with Gasteiger partial charge in [-0.15, -0.1) is 0 Å². The van der Waals surface area contributed by atoms with E-state index < -0.39 is 0 Å². The highest BCUT2D eigenvalue weighted by molar-refractivity contribution is 5.78. The molecule has 0 radical (unpaired) electrons. The summed E-state index contributed by atoms with van der Waals surface area (Å²) < 4.78 is 5.44. The Hall–Kier alpha value is -1.33. The number of likely N-dealkylation sites (N-methyl/N-ethyl adjacent to an activating group) is 1. The van der Waals surface area contributed by atoms with Gasteiger partial charge < -0.3 is 15.1 Å². The Labute approximate surface area is 114 Å². The minimum Gasteiger partial charge on any atom is -0.468 e. The highest BCUT2D eigenvalue weighted by atomic mass is 16.3. The number of furan rings is 1. The first-order valence-corrected chi connectivity index (χ1v) is 6.86. The highest BCUT2D eigenvalue weighted by Gasteiger charge is 2.27. The zero-order chi connectivity index (χ0) is 13.8. The van der Waals surface area contributed by atoms with Crippen LogP contribution in [-0.4, -0.2) is 48.4 Å². The van der Waals surface area contributed by atoms with E-state index in [4.69, 9.17) is 10.2 Å². The Bertz CT molecular complexity index is 397. The molecular weight excluding hydrogens is 242 g/mol. The SMILES string of the molecule is CC(N)C(c1ccco1)N(C)CC(=O)N1CCCC1. The van der Waals surface area contributed by atoms with E-state index in [2.05, 4.69) is 0 Å². The van der Waals surface area contributed by atoms with Crippen LogP contribution in [0.4, 0.5) is 0 Å². The summed E-state index contributed by atoms with van der Waals surface area (Å²) >= 11 is 0. The van der Waals surface area contributed by atoms with Crippen molar-refractivity contribution < 1.29 is 9.21 Å². The zero-order valence-corrected chi connectivity index (χ0v) is 11.7. The predicted octanol–water partition coefficient (Wildman–Crippen LogP) is 1.22. The summed E-state index contributed by atoms with van der Waals surface area (Å²) in [6.45, 7) is 4.09. The molecule has 1 fully saturated rings. The average molecular weight is 265 g/mol. The first-order chi connectivity index (χ1) is 9.09. The number of rotatable bonds is 5. The van der Waals surface area contributed by atoms with Crippen LogP contribution in [0.25, 0.3) is 0 Å². The van der Waals surface area contributed by atoms with Crippen LogP contribution >= 0.6 is 0 Å². The lowest BCUT2D eigenvalue weighted by molar-refractivity contribution is -0.131. The Morgan fingerprint density at radius 3 is 2.74 bits per heavy atom. The van der Waals surface area contributed by atoms with Crippen molar-refractivity contribution in [1.82, 2.24) is 9.80 Å². The van der Waals surface area contributed by atoms with Gasteiger partial charge in [0.2, 0.25) is 5.91 Å². The number of carbonyl (C=O) groups excluding carboxylic acids is 1. The fraction of sp³-hybridized carbons (Fsp3) is 0.643. The van der Waals surface area contributed by atoms with E-state index in [1.807, 2.05) is 35.9 Å². The van der Waals surface area contributed by atoms with Gasteiger partial charge in [-0.2, -0.15) is 0 Å². The monoisotopic (exact) mass is 265 g/mol. The van der Waals surface area contributed by atoms with Crippen molar-refractivity contribution in [1.29, 1.82) is 0 Å². The summed E-state index contributed by atoms with van der Waals surface area (Å²) in [6.07, 6.45) is 3.87. The first-order valence-electron chi connectivity index (χ1n) is 6.86. The second-order valence-corrected chi connectivity index (χ2v) is 5.32. The Morgan fingerprint density at radius 2 is 2.21 bits per heavy atom. The minimum atomic E-state index is -0.0949. The molecule has 1 aromatic heterocycles. The molecule has 5 heteroatoms. The number of amides is 1. The van der Waals surface area contributed by atoms with E-state index in [1.165, 1.54) is 0 Å². The average Bonchev–Trinajstić information content (AvgIpc) is 3.01. The van der Waals surface area contributed by atoms with Crippen LogP contribution in [-0.2, 0) is 4.79 Å². The molecule has 2 atom stereocenters. The van der Waals surface area contributed by atoms with Crippen molar-refractivity contribution in [3.8, 4) is 0 Å². The number of hydrogen-bond donors (Lipinski definition) is 1. The lowest BCUT2D eigenvalue weighted by atomic mass is 10.1. The maximum atomic E-state index is 12.2. The van der Waals surface area contributed by atoms with Gasteiger partial charge in [-0.3, -0.25) is 9.69 Å². The molecule has 1 saturated heterocycles. The molecule has 5 nitrogen and oxygen atoms in total. The summed E-state index contributed by atoms with van der Waals surface area (Å²) in [5, 5.41) is 0. The molecule has 19 heavy (non-hydrogen) atoms. The Kier molecular flexibility index (Phi) is 4.61. The zero-order valence-electron chi connectivity index (χ0n) is 11.7. The van der Waals surface area contributed by atoms with Crippen molar-refractivity contribution in [2.45, 2.75) is 31.8 Å². The van der Waals surface area contributed by atoms with E-state index in [1.54, 1.807) is 6.26 Å². The minimum absolute atomic E-state index is 0.0680. The van der Waals surface area contributed by atoms with Crippen molar-refractivity contribution in [3.05, 3.63) is 24.2 Å². The van der Waals surface area contributed by atoms with Gasteiger partial charge in [0.05, 0.1) is 18.8 Å². The van der Waals surface area contributed by atoms with Crippen LogP contribution in [0.5, 0.6) is 0 Å². The third-order valence-electron chi connectivity index (χ3n) is 3.65. The molecule has 0 bridgehead atoms. The number of carbonyl (C=O) groups is 1. The second-order valence-electron chi connectivity index (χ2n) is 5.32. The lowest BCUT2D eigenvalue weighted by Crippen LogP contribution is -2.43. The van der Waals surface area contributed by atoms with Crippen LogP contribution in [0.1, 0.15) is 31.6 Å². The molecule has 1 aromatic rings. The quantitative estimate of drug-likeness (QED) is 0.869. The smallest absolute Gasteiger partial charge is 0.236 e. The van der Waals surface area contributed by atoms with Gasteiger partial charge in [-0.25, -0.2) is 0 Å². The second kappa shape index (κ2) is 6.21. The summed E-state index contributed by atoms with van der Waals surface area (Å²) in [5.41, 5.74) is 6.03. The maximum Gasteiger partial charge on any atom is 0.236 e. The van der Waals surface area contributed by atoms with Gasteiger partial charge in [-0.05, 0) is 38.9 Å². The van der Waals surface area contributed by atoms with Crippen LogP contribution in [0.2, 0.25) is 0 Å². The van der Waals surface area contributed by atoms with Gasteiger partial charge in [0.1, 0.15) is 5.76 Å². The first kappa shape index (κ1) is 14.1. The van der Waals surface area contributed by atoms with E-state index >= 15 is 0 Å². The lowest BCUT2D eigenvalue weighted by Gasteiger charge is -2.30. The number of nitrogens with zero attached hydrogens (tertiary/aromatic N) is 2. The third-order valence-corrected chi connectivity index (χ3v) is 3.65. The summed E-state index contributed by atoms with van der Waals surface area (Å²) in [6, 6.07) is 3.59. The number of likely N-dealkylation sites (tertiary alicyclic amines) is 1. The molecule has 0 saturated carbocycles. The fourth-order valence-corrected chi connectivity index (χ4v) is 2.72. The summed E-state index contributed by atoms with van der Waals surface area (Å²) in [7, 11) is 1.92. The molecule has 0 aromatic carbocycles. The molecule has 1 aliphatic rings. The van der Waals surface area contributed by atoms with Crippen molar-refractivity contribution in [3.63, 3.8) is 0 Å². The predicted molar refractivity (Wildman–Crippen MR) is 73.5 cm³/mol. The van der Waals surface area contributed by atoms with Crippen LogP contribution in [0.3, 0.4) is 0 Å². The molecule has 1 amide bonds. The number of nitrogens with two attached hydrogens (primary N) is 1. The molecule has 2 unspecified atom stereocenters. The maximum absolute atomic E-state index is 12.2.